The molecule has 3 rings (SSSR count). The van der Waals surface area contributed by atoms with Crippen LogP contribution in [0.1, 0.15) is 11.1 Å². The second kappa shape index (κ2) is 5.10. The van der Waals surface area contributed by atoms with Gasteiger partial charge in [0.15, 0.2) is 0 Å². The Labute approximate surface area is 121 Å². The standard InChI is InChI=1S/C16H12N4O/c1-11-14(8-17)16(21)19-9-15(11)12-2-4-13(5-3-12)20-7-6-18-10-20/h2-7,9-10H,1H3,(H,19,21). The van der Waals surface area contributed by atoms with Crippen molar-refractivity contribution in [2.45, 2.75) is 6.92 Å². The van der Waals surface area contributed by atoms with Gasteiger partial charge in [0.1, 0.15) is 11.6 Å². The van der Waals surface area contributed by atoms with Gasteiger partial charge in [0, 0.05) is 29.8 Å². The van der Waals surface area contributed by atoms with Gasteiger partial charge in [-0.3, -0.25) is 4.79 Å². The van der Waals surface area contributed by atoms with E-state index >= 15 is 0 Å². The number of nitrogens with zero attached hydrogens (tertiary/aromatic N) is 3. The largest absolute Gasteiger partial charge is 0.327 e. The fraction of sp³-hybridized carbons (Fsp3) is 0.0625. The van der Waals surface area contributed by atoms with E-state index in [1.165, 1.54) is 0 Å². The summed E-state index contributed by atoms with van der Waals surface area (Å²) >= 11 is 0. The van der Waals surface area contributed by atoms with Crippen molar-refractivity contribution in [1.29, 1.82) is 5.26 Å². The number of nitrogens with one attached hydrogen (secondary N) is 1. The smallest absolute Gasteiger partial charge is 0.266 e. The fourth-order valence-electron chi connectivity index (χ4n) is 2.28. The molecule has 0 radical (unpaired) electrons. The number of nitriles is 1. The van der Waals surface area contributed by atoms with E-state index in [9.17, 15) is 4.79 Å². The third-order valence-corrected chi connectivity index (χ3v) is 3.45. The first-order chi connectivity index (χ1) is 10.2. The van der Waals surface area contributed by atoms with Crippen molar-refractivity contribution in [2.24, 2.45) is 0 Å². The second-order valence-electron chi connectivity index (χ2n) is 4.66. The highest BCUT2D eigenvalue weighted by Gasteiger charge is 2.10. The molecule has 0 aliphatic heterocycles. The van der Waals surface area contributed by atoms with Crippen LogP contribution in [0.3, 0.4) is 0 Å². The molecule has 21 heavy (non-hydrogen) atoms. The molecule has 5 heteroatoms. The Hall–Kier alpha value is -3.13. The van der Waals surface area contributed by atoms with Crippen LogP contribution in [0.25, 0.3) is 16.8 Å². The van der Waals surface area contributed by atoms with Gasteiger partial charge in [-0.15, -0.1) is 0 Å². The number of rotatable bonds is 2. The lowest BCUT2D eigenvalue weighted by Gasteiger charge is -2.08. The molecule has 1 N–H and O–H groups in total. The number of hydrogen-bond donors (Lipinski definition) is 1. The molecule has 5 nitrogen and oxygen atoms in total. The maximum atomic E-state index is 11.6. The SMILES string of the molecule is Cc1c(-c2ccc(-n3ccnc3)cc2)c[nH]c(=O)c1C#N. The Morgan fingerprint density at radius 2 is 2.05 bits per heavy atom. The van der Waals surface area contributed by atoms with Crippen molar-refractivity contribution in [2.75, 3.05) is 0 Å². The lowest BCUT2D eigenvalue weighted by molar-refractivity contribution is 1.06. The molecule has 0 fully saturated rings. The molecular formula is C16H12N4O. The van der Waals surface area contributed by atoms with Crippen LogP contribution in [-0.2, 0) is 0 Å². The van der Waals surface area contributed by atoms with E-state index in [4.69, 9.17) is 5.26 Å². The molecule has 2 heterocycles. The highest BCUT2D eigenvalue weighted by Crippen LogP contribution is 2.24. The number of benzene rings is 1. The Balaban J connectivity index is 2.06. The molecule has 0 aliphatic rings. The Morgan fingerprint density at radius 3 is 2.67 bits per heavy atom. The van der Waals surface area contributed by atoms with Crippen molar-refractivity contribution >= 4 is 0 Å². The zero-order chi connectivity index (χ0) is 14.8. The van der Waals surface area contributed by atoms with Crippen LogP contribution in [0.4, 0.5) is 0 Å². The van der Waals surface area contributed by atoms with Crippen molar-refractivity contribution < 1.29 is 0 Å². The third-order valence-electron chi connectivity index (χ3n) is 3.45. The number of hydrogen-bond acceptors (Lipinski definition) is 3. The first-order valence-corrected chi connectivity index (χ1v) is 6.42. The van der Waals surface area contributed by atoms with Crippen molar-refractivity contribution in [3.63, 3.8) is 0 Å². The summed E-state index contributed by atoms with van der Waals surface area (Å²) in [6.45, 7) is 1.78. The van der Waals surface area contributed by atoms with Gasteiger partial charge in [0.25, 0.3) is 5.56 Å². The predicted octanol–water partition coefficient (Wildman–Crippen LogP) is 2.41. The second-order valence-corrected chi connectivity index (χ2v) is 4.66. The normalized spacial score (nSPS) is 10.3. The monoisotopic (exact) mass is 276 g/mol. The molecule has 102 valence electrons. The zero-order valence-electron chi connectivity index (χ0n) is 11.4. The molecule has 0 amide bonds. The molecule has 3 aromatic rings. The van der Waals surface area contributed by atoms with E-state index in [1.807, 2.05) is 41.1 Å². The van der Waals surface area contributed by atoms with E-state index < -0.39 is 0 Å². The number of aromatic nitrogens is 3. The summed E-state index contributed by atoms with van der Waals surface area (Å²) in [5.41, 5.74) is 3.29. The van der Waals surface area contributed by atoms with Crippen LogP contribution in [-0.4, -0.2) is 14.5 Å². The van der Waals surface area contributed by atoms with Crippen LogP contribution < -0.4 is 5.56 Å². The first-order valence-electron chi connectivity index (χ1n) is 6.42. The average molecular weight is 276 g/mol. The molecule has 0 aliphatic carbocycles. The highest BCUT2D eigenvalue weighted by molar-refractivity contribution is 5.69. The van der Waals surface area contributed by atoms with Crippen LogP contribution in [0.2, 0.25) is 0 Å². The number of pyridine rings is 1. The van der Waals surface area contributed by atoms with Gasteiger partial charge in [0.05, 0.1) is 6.33 Å². The average Bonchev–Trinajstić information content (AvgIpc) is 3.02. The van der Waals surface area contributed by atoms with Gasteiger partial charge >= 0.3 is 0 Å². The number of imidazole rings is 1. The van der Waals surface area contributed by atoms with Crippen molar-refractivity contribution in [3.8, 4) is 22.9 Å². The predicted molar refractivity (Wildman–Crippen MR) is 79.1 cm³/mol. The van der Waals surface area contributed by atoms with Crippen molar-refractivity contribution in [3.05, 3.63) is 70.7 Å². The molecular weight excluding hydrogens is 264 g/mol. The maximum absolute atomic E-state index is 11.6. The molecule has 0 atom stereocenters. The van der Waals surface area contributed by atoms with Gasteiger partial charge < -0.3 is 9.55 Å². The number of aromatic amines is 1. The molecule has 0 saturated heterocycles. The van der Waals surface area contributed by atoms with E-state index in [1.54, 1.807) is 25.6 Å². The van der Waals surface area contributed by atoms with Crippen LogP contribution in [0.15, 0.2) is 54.0 Å². The third kappa shape index (κ3) is 2.23. The van der Waals surface area contributed by atoms with Gasteiger partial charge in [-0.05, 0) is 30.2 Å². The highest BCUT2D eigenvalue weighted by atomic mass is 16.1. The number of H-pyrrole nitrogens is 1. The summed E-state index contributed by atoms with van der Waals surface area (Å²) < 4.78 is 1.91. The van der Waals surface area contributed by atoms with Gasteiger partial charge in [-0.1, -0.05) is 12.1 Å². The van der Waals surface area contributed by atoms with E-state index in [0.29, 0.717) is 5.56 Å². The zero-order valence-corrected chi connectivity index (χ0v) is 11.4. The van der Waals surface area contributed by atoms with Crippen LogP contribution in [0, 0.1) is 18.3 Å². The summed E-state index contributed by atoms with van der Waals surface area (Å²) in [5, 5.41) is 9.06. The lowest BCUT2D eigenvalue weighted by Crippen LogP contribution is -2.12. The topological polar surface area (TPSA) is 74.5 Å². The van der Waals surface area contributed by atoms with E-state index in [2.05, 4.69) is 9.97 Å². The minimum atomic E-state index is -0.353. The summed E-state index contributed by atoms with van der Waals surface area (Å²) in [6, 6.07) is 9.79. The van der Waals surface area contributed by atoms with Crippen LogP contribution in [0.5, 0.6) is 0 Å². The van der Waals surface area contributed by atoms with Crippen molar-refractivity contribution in [1.82, 2.24) is 14.5 Å². The van der Waals surface area contributed by atoms with Gasteiger partial charge in [0.2, 0.25) is 0 Å². The maximum Gasteiger partial charge on any atom is 0.266 e. The Bertz CT molecular complexity index is 868. The van der Waals surface area contributed by atoms with E-state index in [0.717, 1.165) is 16.8 Å². The minimum Gasteiger partial charge on any atom is -0.327 e. The molecule has 2 aromatic heterocycles. The molecule has 0 unspecified atom stereocenters. The quantitative estimate of drug-likeness (QED) is 0.781. The summed E-state index contributed by atoms with van der Waals surface area (Å²) in [6.07, 6.45) is 6.96. The fourth-order valence-corrected chi connectivity index (χ4v) is 2.28. The Morgan fingerprint density at radius 1 is 1.29 bits per heavy atom. The minimum absolute atomic E-state index is 0.159. The van der Waals surface area contributed by atoms with Gasteiger partial charge in [-0.25, -0.2) is 4.98 Å². The summed E-state index contributed by atoms with van der Waals surface area (Å²) in [4.78, 5) is 18.2. The Kier molecular flexibility index (Phi) is 3.13. The molecule has 1 aromatic carbocycles. The summed E-state index contributed by atoms with van der Waals surface area (Å²) in [7, 11) is 0. The van der Waals surface area contributed by atoms with E-state index in [-0.39, 0.29) is 11.1 Å². The first kappa shape index (κ1) is 12.9. The molecule has 0 spiro atoms. The molecule has 0 saturated carbocycles. The summed E-state index contributed by atoms with van der Waals surface area (Å²) in [5.74, 6) is 0. The lowest BCUT2D eigenvalue weighted by atomic mass is 9.99. The van der Waals surface area contributed by atoms with Gasteiger partial charge in [-0.2, -0.15) is 5.26 Å². The molecule has 0 bridgehead atoms. The van der Waals surface area contributed by atoms with Crippen LogP contribution >= 0.6 is 0 Å².